The number of carbonyl (C=O) groups excluding carboxylic acids is 2. The molecular formula is C17H19NO4S. The minimum absolute atomic E-state index is 0.140. The van der Waals surface area contributed by atoms with Crippen molar-refractivity contribution in [1.82, 2.24) is 5.32 Å². The zero-order valence-corrected chi connectivity index (χ0v) is 13.7. The molecule has 1 aromatic carbocycles. The minimum atomic E-state index is -0.357. The van der Waals surface area contributed by atoms with Gasteiger partial charge < -0.3 is 14.8 Å². The molecule has 1 aromatic heterocycles. The third-order valence-corrected chi connectivity index (χ3v) is 3.93. The minimum Gasteiger partial charge on any atom is -0.490 e. The van der Waals surface area contributed by atoms with Crippen molar-refractivity contribution in [2.75, 3.05) is 19.8 Å². The van der Waals surface area contributed by atoms with Gasteiger partial charge in [-0.15, -0.1) is 11.3 Å². The number of esters is 1. The average Bonchev–Trinajstić information content (AvgIpc) is 3.07. The molecule has 0 atom stereocenters. The smallest absolute Gasteiger partial charge is 0.307 e. The number of thiophene rings is 1. The molecule has 0 aliphatic heterocycles. The van der Waals surface area contributed by atoms with E-state index in [4.69, 9.17) is 9.47 Å². The van der Waals surface area contributed by atoms with Crippen molar-refractivity contribution in [3.63, 3.8) is 0 Å². The first-order valence-corrected chi connectivity index (χ1v) is 8.20. The van der Waals surface area contributed by atoms with Crippen molar-refractivity contribution < 1.29 is 19.1 Å². The van der Waals surface area contributed by atoms with Gasteiger partial charge in [-0.05, 0) is 30.0 Å². The third-order valence-electron chi connectivity index (χ3n) is 3.06. The molecule has 0 fully saturated rings. The maximum atomic E-state index is 11.7. The lowest BCUT2D eigenvalue weighted by molar-refractivity contribution is -0.144. The number of nitrogens with one attached hydrogen (secondary N) is 1. The van der Waals surface area contributed by atoms with E-state index >= 15 is 0 Å². The van der Waals surface area contributed by atoms with Crippen LogP contribution in [-0.4, -0.2) is 31.6 Å². The summed E-state index contributed by atoms with van der Waals surface area (Å²) in [5, 5.41) is 4.51. The topological polar surface area (TPSA) is 64.6 Å². The molecule has 0 saturated carbocycles. The first-order valence-electron chi connectivity index (χ1n) is 7.32. The van der Waals surface area contributed by atoms with Gasteiger partial charge in [-0.3, -0.25) is 9.59 Å². The van der Waals surface area contributed by atoms with Crippen LogP contribution in [0.4, 0.5) is 0 Å². The van der Waals surface area contributed by atoms with Crippen molar-refractivity contribution >= 4 is 23.2 Å². The van der Waals surface area contributed by atoms with Gasteiger partial charge in [0.1, 0.15) is 19.0 Å². The Hall–Kier alpha value is -2.34. The molecule has 0 unspecified atom stereocenters. The van der Waals surface area contributed by atoms with Crippen molar-refractivity contribution in [2.45, 2.75) is 13.3 Å². The fourth-order valence-electron chi connectivity index (χ4n) is 1.87. The van der Waals surface area contributed by atoms with Crippen molar-refractivity contribution in [1.29, 1.82) is 0 Å². The molecule has 1 amide bonds. The van der Waals surface area contributed by atoms with Gasteiger partial charge in [0.2, 0.25) is 0 Å². The van der Waals surface area contributed by atoms with Crippen LogP contribution in [0.5, 0.6) is 5.75 Å². The van der Waals surface area contributed by atoms with E-state index in [2.05, 4.69) is 5.32 Å². The Labute approximate surface area is 139 Å². The highest BCUT2D eigenvalue weighted by Gasteiger charge is 2.08. The quantitative estimate of drug-likeness (QED) is 0.596. The summed E-state index contributed by atoms with van der Waals surface area (Å²) >= 11 is 1.36. The highest BCUT2D eigenvalue weighted by molar-refractivity contribution is 7.12. The summed E-state index contributed by atoms with van der Waals surface area (Å²) in [7, 11) is 0. The van der Waals surface area contributed by atoms with E-state index in [0.29, 0.717) is 11.5 Å². The molecule has 0 spiro atoms. The SMILES string of the molecule is Cc1ccccc1OCCOC(=O)CCNC(=O)c1cccs1. The molecule has 2 aromatic rings. The van der Waals surface area contributed by atoms with Crippen LogP contribution in [0.1, 0.15) is 21.7 Å². The number of hydrogen-bond donors (Lipinski definition) is 1. The Balaban J connectivity index is 1.57. The molecule has 0 aliphatic carbocycles. The summed E-state index contributed by atoms with van der Waals surface area (Å²) in [6.07, 6.45) is 0.140. The lowest BCUT2D eigenvalue weighted by Crippen LogP contribution is -2.26. The Morgan fingerprint density at radius 3 is 2.70 bits per heavy atom. The van der Waals surface area contributed by atoms with Gasteiger partial charge in [-0.25, -0.2) is 0 Å². The van der Waals surface area contributed by atoms with E-state index in [9.17, 15) is 9.59 Å². The summed E-state index contributed by atoms with van der Waals surface area (Å²) in [6, 6.07) is 11.2. The van der Waals surface area contributed by atoms with E-state index in [1.807, 2.05) is 42.6 Å². The number of carbonyl (C=O) groups is 2. The molecule has 5 nitrogen and oxygen atoms in total. The molecule has 0 bridgehead atoms. The van der Waals surface area contributed by atoms with Gasteiger partial charge >= 0.3 is 5.97 Å². The maximum absolute atomic E-state index is 11.7. The van der Waals surface area contributed by atoms with Gasteiger partial charge in [-0.1, -0.05) is 24.3 Å². The third kappa shape index (κ3) is 5.75. The molecule has 122 valence electrons. The van der Waals surface area contributed by atoms with Crippen LogP contribution in [0.25, 0.3) is 0 Å². The van der Waals surface area contributed by atoms with Crippen molar-refractivity contribution in [3.8, 4) is 5.75 Å². The van der Waals surface area contributed by atoms with Crippen LogP contribution in [0.3, 0.4) is 0 Å². The molecule has 0 saturated heterocycles. The number of hydrogen-bond acceptors (Lipinski definition) is 5. The van der Waals surface area contributed by atoms with Gasteiger partial charge in [0, 0.05) is 6.54 Å². The van der Waals surface area contributed by atoms with E-state index in [-0.39, 0.29) is 31.4 Å². The lowest BCUT2D eigenvalue weighted by atomic mass is 10.2. The zero-order chi connectivity index (χ0) is 16.5. The molecule has 1 N–H and O–H groups in total. The lowest BCUT2D eigenvalue weighted by Gasteiger charge is -2.09. The number of ether oxygens (including phenoxy) is 2. The maximum Gasteiger partial charge on any atom is 0.307 e. The monoisotopic (exact) mass is 333 g/mol. The predicted molar refractivity (Wildman–Crippen MR) is 88.9 cm³/mol. The largest absolute Gasteiger partial charge is 0.490 e. The van der Waals surface area contributed by atoms with Gasteiger partial charge in [0.05, 0.1) is 11.3 Å². The van der Waals surface area contributed by atoms with Crippen LogP contribution >= 0.6 is 11.3 Å². The fourth-order valence-corrected chi connectivity index (χ4v) is 2.51. The van der Waals surface area contributed by atoms with Gasteiger partial charge in [0.15, 0.2) is 0 Å². The van der Waals surface area contributed by atoms with Crippen LogP contribution in [-0.2, 0) is 9.53 Å². The van der Waals surface area contributed by atoms with Crippen molar-refractivity contribution in [2.24, 2.45) is 0 Å². The number of amides is 1. The molecule has 1 heterocycles. The number of rotatable bonds is 8. The van der Waals surface area contributed by atoms with Crippen LogP contribution in [0.2, 0.25) is 0 Å². The summed E-state index contributed by atoms with van der Waals surface area (Å²) in [6.45, 7) is 2.70. The average molecular weight is 333 g/mol. The van der Waals surface area contributed by atoms with E-state index in [0.717, 1.165) is 11.3 Å². The summed E-state index contributed by atoms with van der Waals surface area (Å²) in [4.78, 5) is 23.9. The number of benzene rings is 1. The Morgan fingerprint density at radius 2 is 1.96 bits per heavy atom. The second kappa shape index (κ2) is 8.95. The zero-order valence-electron chi connectivity index (χ0n) is 12.9. The first kappa shape index (κ1) is 17.0. The predicted octanol–water partition coefficient (Wildman–Crippen LogP) is 2.80. The standard InChI is InChI=1S/C17H19NO4S/c1-13-5-2-3-6-14(13)21-10-11-22-16(19)8-9-18-17(20)15-7-4-12-23-15/h2-7,12H,8-11H2,1H3,(H,18,20). The second-order valence-corrected chi connectivity index (χ2v) is 5.77. The van der Waals surface area contributed by atoms with E-state index < -0.39 is 0 Å². The molecule has 0 aliphatic rings. The number of aryl methyl sites for hydroxylation is 1. The fraction of sp³-hybridized carbons (Fsp3) is 0.294. The highest BCUT2D eigenvalue weighted by Crippen LogP contribution is 2.15. The molecule has 6 heteroatoms. The van der Waals surface area contributed by atoms with Gasteiger partial charge in [-0.2, -0.15) is 0 Å². The Bertz CT molecular complexity index is 640. The van der Waals surface area contributed by atoms with Crippen LogP contribution < -0.4 is 10.1 Å². The Morgan fingerprint density at radius 1 is 1.13 bits per heavy atom. The van der Waals surface area contributed by atoms with E-state index in [1.54, 1.807) is 6.07 Å². The number of para-hydroxylation sites is 1. The first-order chi connectivity index (χ1) is 11.2. The normalized spacial score (nSPS) is 10.1. The van der Waals surface area contributed by atoms with Crippen LogP contribution in [0.15, 0.2) is 41.8 Å². The summed E-state index contributed by atoms with van der Waals surface area (Å²) in [5.74, 6) is 0.257. The highest BCUT2D eigenvalue weighted by atomic mass is 32.1. The molecule has 2 rings (SSSR count). The van der Waals surface area contributed by atoms with Crippen molar-refractivity contribution in [3.05, 3.63) is 52.2 Å². The molecular weight excluding hydrogens is 314 g/mol. The van der Waals surface area contributed by atoms with Gasteiger partial charge in [0.25, 0.3) is 5.91 Å². The summed E-state index contributed by atoms with van der Waals surface area (Å²) in [5.41, 5.74) is 1.04. The second-order valence-electron chi connectivity index (χ2n) is 4.82. The van der Waals surface area contributed by atoms with Crippen LogP contribution in [0, 0.1) is 6.92 Å². The Kier molecular flexibility index (Phi) is 6.62. The molecule has 23 heavy (non-hydrogen) atoms. The summed E-state index contributed by atoms with van der Waals surface area (Å²) < 4.78 is 10.6. The molecule has 0 radical (unpaired) electrons. The van der Waals surface area contributed by atoms with E-state index in [1.165, 1.54) is 11.3 Å².